The van der Waals surface area contributed by atoms with Crippen molar-refractivity contribution < 1.29 is 4.79 Å². The van der Waals surface area contributed by atoms with Gasteiger partial charge in [0.25, 0.3) is 0 Å². The molecule has 0 N–H and O–H groups in total. The van der Waals surface area contributed by atoms with Crippen LogP contribution in [0.1, 0.15) is 9.88 Å². The van der Waals surface area contributed by atoms with Crippen LogP contribution in [0, 0.1) is 6.92 Å². The first kappa shape index (κ1) is 14.8. The highest BCUT2D eigenvalue weighted by Crippen LogP contribution is 2.24. The Morgan fingerprint density at radius 3 is 2.79 bits per heavy atom. The molecule has 0 spiro atoms. The van der Waals surface area contributed by atoms with E-state index >= 15 is 0 Å². The van der Waals surface area contributed by atoms with Crippen LogP contribution in [0.2, 0.25) is 4.34 Å². The van der Waals surface area contributed by atoms with Crippen LogP contribution in [-0.2, 0) is 11.3 Å². The number of aromatic nitrogens is 2. The summed E-state index contributed by atoms with van der Waals surface area (Å²) >= 11 is 10.3. The van der Waals surface area contributed by atoms with Gasteiger partial charge in [0.05, 0.1) is 16.6 Å². The number of carbonyl (C=O) groups is 1. The number of thiophene rings is 1. The van der Waals surface area contributed by atoms with Crippen LogP contribution in [0.5, 0.6) is 0 Å². The van der Waals surface area contributed by atoms with E-state index in [4.69, 9.17) is 11.6 Å². The summed E-state index contributed by atoms with van der Waals surface area (Å²) in [5.74, 6) is 0.451. The fraction of sp³-hybridized carbons (Fsp3) is 0.364. The van der Waals surface area contributed by atoms with Gasteiger partial charge in [-0.25, -0.2) is 0 Å². The van der Waals surface area contributed by atoms with E-state index in [-0.39, 0.29) is 5.91 Å². The molecule has 2 aromatic rings. The zero-order chi connectivity index (χ0) is 13.8. The van der Waals surface area contributed by atoms with E-state index in [2.05, 4.69) is 10.2 Å². The molecule has 0 radical (unpaired) electrons. The molecule has 19 heavy (non-hydrogen) atoms. The summed E-state index contributed by atoms with van der Waals surface area (Å²) in [4.78, 5) is 14.7. The molecule has 0 aliphatic heterocycles. The minimum atomic E-state index is 0.0716. The Hall–Kier alpha value is -0.630. The summed E-state index contributed by atoms with van der Waals surface area (Å²) in [5, 5.41) is 8.81. The zero-order valence-corrected chi connectivity index (χ0v) is 13.6. The molecule has 2 rings (SSSR count). The first-order valence-electron chi connectivity index (χ1n) is 5.45. The Bertz CT molecular complexity index is 569. The fourth-order valence-electron chi connectivity index (χ4n) is 1.33. The monoisotopic (exact) mass is 333 g/mol. The maximum Gasteiger partial charge on any atom is 0.233 e. The molecule has 0 aliphatic rings. The second-order valence-corrected chi connectivity index (χ2v) is 8.04. The highest BCUT2D eigenvalue weighted by Gasteiger charge is 2.12. The summed E-state index contributed by atoms with van der Waals surface area (Å²) in [5.41, 5.74) is 0. The lowest BCUT2D eigenvalue weighted by Crippen LogP contribution is -2.27. The van der Waals surface area contributed by atoms with Gasteiger partial charge in [0.15, 0.2) is 4.34 Å². The highest BCUT2D eigenvalue weighted by atomic mass is 35.5. The van der Waals surface area contributed by atoms with Gasteiger partial charge in [-0.15, -0.1) is 21.5 Å². The number of rotatable bonds is 5. The Balaban J connectivity index is 1.82. The summed E-state index contributed by atoms with van der Waals surface area (Å²) in [7, 11) is 1.79. The third-order valence-corrected chi connectivity index (χ3v) is 5.45. The number of halogens is 1. The van der Waals surface area contributed by atoms with Gasteiger partial charge in [0.2, 0.25) is 5.91 Å². The molecule has 4 nitrogen and oxygen atoms in total. The van der Waals surface area contributed by atoms with Crippen molar-refractivity contribution in [2.24, 2.45) is 0 Å². The lowest BCUT2D eigenvalue weighted by atomic mass is 10.4. The number of hydrogen-bond acceptors (Lipinski definition) is 6. The van der Waals surface area contributed by atoms with Gasteiger partial charge in [-0.2, -0.15) is 0 Å². The molecule has 1 amide bonds. The molecule has 2 aromatic heterocycles. The first-order valence-corrected chi connectivity index (χ1v) is 8.45. The lowest BCUT2D eigenvalue weighted by Gasteiger charge is -2.15. The number of hydrogen-bond donors (Lipinski definition) is 0. The molecular formula is C11H12ClN3OS3. The molecule has 8 heteroatoms. The van der Waals surface area contributed by atoms with Crippen LogP contribution in [0.15, 0.2) is 16.5 Å². The standard InChI is InChI=1S/C11H12ClN3OS3/c1-7-13-14-11(18-7)17-6-10(16)15(2)5-8-3-4-9(12)19-8/h3-4H,5-6H2,1-2H3. The molecule has 102 valence electrons. The summed E-state index contributed by atoms with van der Waals surface area (Å²) < 4.78 is 1.58. The van der Waals surface area contributed by atoms with E-state index in [9.17, 15) is 4.79 Å². The van der Waals surface area contributed by atoms with Crippen LogP contribution < -0.4 is 0 Å². The second kappa shape index (κ2) is 6.69. The maximum atomic E-state index is 12.0. The quantitative estimate of drug-likeness (QED) is 0.787. The summed E-state index contributed by atoms with van der Waals surface area (Å²) in [6.45, 7) is 2.49. The average molecular weight is 334 g/mol. The van der Waals surface area contributed by atoms with E-state index in [1.165, 1.54) is 34.4 Å². The van der Waals surface area contributed by atoms with Crippen molar-refractivity contribution in [3.63, 3.8) is 0 Å². The molecule has 0 atom stereocenters. The van der Waals surface area contributed by atoms with Crippen molar-refractivity contribution in [2.75, 3.05) is 12.8 Å². The van der Waals surface area contributed by atoms with Crippen LogP contribution in [0.25, 0.3) is 0 Å². The molecule has 2 heterocycles. The minimum Gasteiger partial charge on any atom is -0.340 e. The van der Waals surface area contributed by atoms with Gasteiger partial charge >= 0.3 is 0 Å². The minimum absolute atomic E-state index is 0.0716. The summed E-state index contributed by atoms with van der Waals surface area (Å²) in [6, 6.07) is 3.79. The largest absolute Gasteiger partial charge is 0.340 e. The number of nitrogens with zero attached hydrogens (tertiary/aromatic N) is 3. The topological polar surface area (TPSA) is 46.1 Å². The van der Waals surface area contributed by atoms with Crippen LogP contribution in [0.4, 0.5) is 0 Å². The van der Waals surface area contributed by atoms with Gasteiger partial charge in [-0.3, -0.25) is 4.79 Å². The summed E-state index contributed by atoms with van der Waals surface area (Å²) in [6.07, 6.45) is 0. The van der Waals surface area contributed by atoms with Crippen LogP contribution in [-0.4, -0.2) is 33.8 Å². The second-order valence-electron chi connectivity index (χ2n) is 3.83. The van der Waals surface area contributed by atoms with E-state index in [1.807, 2.05) is 19.1 Å². The van der Waals surface area contributed by atoms with Crippen molar-refractivity contribution in [1.29, 1.82) is 0 Å². The molecule has 0 aliphatic carbocycles. The predicted molar refractivity (Wildman–Crippen MR) is 81.2 cm³/mol. The van der Waals surface area contributed by atoms with Crippen molar-refractivity contribution in [2.45, 2.75) is 17.8 Å². The van der Waals surface area contributed by atoms with Gasteiger partial charge in [0, 0.05) is 11.9 Å². The Morgan fingerprint density at radius 2 is 2.21 bits per heavy atom. The number of thioether (sulfide) groups is 1. The molecule has 0 aromatic carbocycles. The third kappa shape index (κ3) is 4.45. The van der Waals surface area contributed by atoms with Gasteiger partial charge < -0.3 is 4.90 Å². The van der Waals surface area contributed by atoms with E-state index in [0.29, 0.717) is 12.3 Å². The number of aryl methyl sites for hydroxylation is 1. The van der Waals surface area contributed by atoms with E-state index in [0.717, 1.165) is 18.6 Å². The van der Waals surface area contributed by atoms with Crippen LogP contribution >= 0.6 is 46.0 Å². The number of carbonyl (C=O) groups excluding carboxylic acids is 1. The van der Waals surface area contributed by atoms with Crippen molar-refractivity contribution in [1.82, 2.24) is 15.1 Å². The number of amides is 1. The maximum absolute atomic E-state index is 12.0. The average Bonchev–Trinajstić information content (AvgIpc) is 2.95. The Kier molecular flexibility index (Phi) is 5.20. The fourth-order valence-corrected chi connectivity index (χ4v) is 4.23. The lowest BCUT2D eigenvalue weighted by molar-refractivity contribution is -0.127. The van der Waals surface area contributed by atoms with Gasteiger partial charge in [-0.1, -0.05) is 34.7 Å². The molecule has 0 unspecified atom stereocenters. The predicted octanol–water partition coefficient (Wildman–Crippen LogP) is 3.31. The van der Waals surface area contributed by atoms with Crippen molar-refractivity contribution in [3.05, 3.63) is 26.4 Å². The highest BCUT2D eigenvalue weighted by molar-refractivity contribution is 8.01. The van der Waals surface area contributed by atoms with E-state index < -0.39 is 0 Å². The molecule has 0 saturated heterocycles. The van der Waals surface area contributed by atoms with E-state index in [1.54, 1.807) is 11.9 Å². The third-order valence-electron chi connectivity index (χ3n) is 2.27. The smallest absolute Gasteiger partial charge is 0.233 e. The molecule has 0 bridgehead atoms. The first-order chi connectivity index (χ1) is 9.04. The molecule has 0 fully saturated rings. The van der Waals surface area contributed by atoms with Crippen molar-refractivity contribution in [3.8, 4) is 0 Å². The normalized spacial score (nSPS) is 10.7. The zero-order valence-electron chi connectivity index (χ0n) is 10.4. The van der Waals surface area contributed by atoms with Gasteiger partial charge in [0.1, 0.15) is 5.01 Å². The Labute approximate surface area is 128 Å². The molecule has 0 saturated carbocycles. The SMILES string of the molecule is Cc1nnc(SCC(=O)N(C)Cc2ccc(Cl)s2)s1. The Morgan fingerprint density at radius 1 is 1.42 bits per heavy atom. The van der Waals surface area contributed by atoms with Crippen LogP contribution in [0.3, 0.4) is 0 Å². The molecular weight excluding hydrogens is 322 g/mol. The van der Waals surface area contributed by atoms with Crippen molar-refractivity contribution >= 4 is 51.9 Å². The van der Waals surface area contributed by atoms with Gasteiger partial charge in [-0.05, 0) is 19.1 Å².